The molecule has 34 heavy (non-hydrogen) atoms. The molecule has 0 aliphatic rings. The van der Waals surface area contributed by atoms with E-state index >= 15 is 0 Å². The van der Waals surface area contributed by atoms with Gasteiger partial charge in [-0.05, 0) is 22.7 Å². The lowest BCUT2D eigenvalue weighted by atomic mass is 9.93. The highest BCUT2D eigenvalue weighted by molar-refractivity contribution is 5.68. The van der Waals surface area contributed by atoms with Crippen LogP contribution in [0.1, 0.15) is 68.7 Å². The number of carbonyl (C=O) groups is 3. The van der Waals surface area contributed by atoms with Gasteiger partial charge in [0.2, 0.25) is 0 Å². The SMILES string of the molecule is CC(C)(C)CCOCCOC(=O)OC(COC(=O)NCC(C)(C)C)COC(=O)NCC(C)(C)C. The molecule has 0 rings (SSSR count). The molecule has 0 saturated heterocycles. The number of carbonyl (C=O) groups excluding carboxylic acids is 3. The van der Waals surface area contributed by atoms with Gasteiger partial charge in [-0.15, -0.1) is 0 Å². The van der Waals surface area contributed by atoms with Crippen LogP contribution >= 0.6 is 0 Å². The summed E-state index contributed by atoms with van der Waals surface area (Å²) in [5.74, 6) is 0. The van der Waals surface area contributed by atoms with E-state index in [4.69, 9.17) is 23.7 Å². The first-order valence-corrected chi connectivity index (χ1v) is 11.7. The molecule has 0 aromatic heterocycles. The van der Waals surface area contributed by atoms with Crippen molar-refractivity contribution in [2.45, 2.75) is 74.8 Å². The second-order valence-corrected chi connectivity index (χ2v) is 11.8. The van der Waals surface area contributed by atoms with Gasteiger partial charge in [0.1, 0.15) is 19.8 Å². The molecule has 0 bridgehead atoms. The molecular formula is C24H46N2O8. The second kappa shape index (κ2) is 14.9. The van der Waals surface area contributed by atoms with Crippen LogP contribution in [0, 0.1) is 16.2 Å². The largest absolute Gasteiger partial charge is 0.508 e. The van der Waals surface area contributed by atoms with Gasteiger partial charge in [0.25, 0.3) is 0 Å². The number of rotatable bonds is 12. The maximum absolute atomic E-state index is 12.0. The minimum Gasteiger partial charge on any atom is -0.445 e. The van der Waals surface area contributed by atoms with Gasteiger partial charge in [0.15, 0.2) is 6.10 Å². The molecule has 2 N–H and O–H groups in total. The Morgan fingerprint density at radius 1 is 0.647 bits per heavy atom. The quantitative estimate of drug-likeness (QED) is 0.233. The number of ether oxygens (including phenoxy) is 5. The third-order valence-electron chi connectivity index (χ3n) is 4.03. The van der Waals surface area contributed by atoms with Crippen molar-refractivity contribution in [3.8, 4) is 0 Å². The maximum Gasteiger partial charge on any atom is 0.508 e. The summed E-state index contributed by atoms with van der Waals surface area (Å²) in [6.07, 6.45) is -2.46. The predicted molar refractivity (Wildman–Crippen MR) is 129 cm³/mol. The van der Waals surface area contributed by atoms with Gasteiger partial charge < -0.3 is 34.3 Å². The summed E-state index contributed by atoms with van der Waals surface area (Å²) in [5.41, 5.74) is -0.0881. The zero-order valence-electron chi connectivity index (χ0n) is 22.5. The lowest BCUT2D eigenvalue weighted by molar-refractivity contribution is -0.0333. The van der Waals surface area contributed by atoms with Crippen LogP contribution in [0.3, 0.4) is 0 Å². The van der Waals surface area contributed by atoms with E-state index in [1.165, 1.54) is 0 Å². The fourth-order valence-corrected chi connectivity index (χ4v) is 2.06. The molecule has 0 atom stereocenters. The fourth-order valence-electron chi connectivity index (χ4n) is 2.06. The summed E-state index contributed by atoms with van der Waals surface area (Å²) in [5, 5.41) is 5.26. The van der Waals surface area contributed by atoms with Crippen LogP contribution in [-0.2, 0) is 23.7 Å². The summed E-state index contributed by atoms with van der Waals surface area (Å²) in [7, 11) is 0. The van der Waals surface area contributed by atoms with Gasteiger partial charge in [-0.3, -0.25) is 0 Å². The van der Waals surface area contributed by atoms with Crippen molar-refractivity contribution in [2.24, 2.45) is 16.2 Å². The van der Waals surface area contributed by atoms with Crippen LogP contribution < -0.4 is 10.6 Å². The minimum atomic E-state index is -1.03. The first-order chi connectivity index (χ1) is 15.5. The van der Waals surface area contributed by atoms with Crippen molar-refractivity contribution in [1.29, 1.82) is 0 Å². The molecule has 0 radical (unpaired) electrons. The molecule has 10 nitrogen and oxygen atoms in total. The standard InChI is InChI=1S/C24H46N2O8/c1-22(2,3)10-11-30-12-13-31-21(29)34-18(14-32-19(27)25-16-23(4,5)6)15-33-20(28)26-17-24(7,8)9/h18H,10-17H2,1-9H3,(H,25,27)(H,26,28). The number of nitrogens with one attached hydrogen (secondary N) is 2. The summed E-state index contributed by atoms with van der Waals surface area (Å²) >= 11 is 0. The van der Waals surface area contributed by atoms with Crippen molar-refractivity contribution in [3.05, 3.63) is 0 Å². The summed E-state index contributed by atoms with van der Waals surface area (Å²) < 4.78 is 25.9. The van der Waals surface area contributed by atoms with Crippen molar-refractivity contribution >= 4 is 18.3 Å². The average Bonchev–Trinajstić information content (AvgIpc) is 2.67. The van der Waals surface area contributed by atoms with E-state index < -0.39 is 24.4 Å². The van der Waals surface area contributed by atoms with E-state index in [0.717, 1.165) is 6.42 Å². The zero-order valence-corrected chi connectivity index (χ0v) is 22.5. The Balaban J connectivity index is 4.57. The van der Waals surface area contributed by atoms with Crippen LogP contribution in [0.15, 0.2) is 0 Å². The molecule has 200 valence electrons. The summed E-state index contributed by atoms with van der Waals surface area (Å²) in [6, 6.07) is 0. The molecule has 0 aliphatic carbocycles. The van der Waals surface area contributed by atoms with E-state index in [0.29, 0.717) is 19.7 Å². The van der Waals surface area contributed by atoms with Crippen molar-refractivity contribution < 1.29 is 38.1 Å². The molecule has 10 heteroatoms. The van der Waals surface area contributed by atoms with Crippen molar-refractivity contribution in [1.82, 2.24) is 10.6 Å². The third kappa shape index (κ3) is 21.6. The van der Waals surface area contributed by atoms with E-state index in [1.807, 2.05) is 41.5 Å². The molecule has 0 fully saturated rings. The zero-order chi connectivity index (χ0) is 26.4. The fraction of sp³-hybridized carbons (Fsp3) is 0.875. The maximum atomic E-state index is 12.0. The Morgan fingerprint density at radius 2 is 1.12 bits per heavy atom. The first kappa shape index (κ1) is 31.8. The Bertz CT molecular complexity index is 584. The Morgan fingerprint density at radius 3 is 1.53 bits per heavy atom. The van der Waals surface area contributed by atoms with E-state index in [-0.39, 0.29) is 42.7 Å². The molecule has 2 amide bonds. The molecule has 0 aromatic rings. The number of hydrogen-bond donors (Lipinski definition) is 2. The van der Waals surface area contributed by atoms with Crippen LogP contribution in [0.4, 0.5) is 14.4 Å². The highest BCUT2D eigenvalue weighted by Gasteiger charge is 2.22. The molecule has 0 unspecified atom stereocenters. The average molecular weight is 491 g/mol. The van der Waals surface area contributed by atoms with Crippen LogP contribution in [0.25, 0.3) is 0 Å². The Hall–Kier alpha value is -2.23. The number of hydrogen-bond acceptors (Lipinski definition) is 8. The summed E-state index contributed by atoms with van der Waals surface area (Å²) in [6.45, 7) is 19.1. The highest BCUT2D eigenvalue weighted by atomic mass is 16.7. The van der Waals surface area contributed by atoms with Crippen LogP contribution in [0.2, 0.25) is 0 Å². The predicted octanol–water partition coefficient (Wildman–Crippen LogP) is 4.51. The normalized spacial score (nSPS) is 12.2. The van der Waals surface area contributed by atoms with Gasteiger partial charge in [-0.1, -0.05) is 62.3 Å². The molecule has 0 aromatic carbocycles. The van der Waals surface area contributed by atoms with Crippen LogP contribution in [-0.4, -0.2) is 70.6 Å². The van der Waals surface area contributed by atoms with Gasteiger partial charge in [0.05, 0.1) is 6.61 Å². The molecule has 0 saturated carbocycles. The van der Waals surface area contributed by atoms with Gasteiger partial charge in [-0.25, -0.2) is 14.4 Å². The van der Waals surface area contributed by atoms with Crippen molar-refractivity contribution in [3.63, 3.8) is 0 Å². The minimum absolute atomic E-state index is 0.00947. The number of amides is 2. The van der Waals surface area contributed by atoms with Crippen LogP contribution in [0.5, 0.6) is 0 Å². The molecule has 0 spiro atoms. The summed E-state index contributed by atoms with van der Waals surface area (Å²) in [4.78, 5) is 35.9. The Labute approximate surface area is 204 Å². The molecular weight excluding hydrogens is 444 g/mol. The number of alkyl carbamates (subject to hydrolysis) is 2. The van der Waals surface area contributed by atoms with Gasteiger partial charge in [0, 0.05) is 19.7 Å². The van der Waals surface area contributed by atoms with E-state index in [2.05, 4.69) is 31.4 Å². The lowest BCUT2D eigenvalue weighted by Crippen LogP contribution is -2.38. The van der Waals surface area contributed by atoms with Crippen molar-refractivity contribution in [2.75, 3.05) is 46.1 Å². The first-order valence-electron chi connectivity index (χ1n) is 11.7. The third-order valence-corrected chi connectivity index (χ3v) is 4.03. The van der Waals surface area contributed by atoms with E-state index in [1.54, 1.807) is 0 Å². The van der Waals surface area contributed by atoms with E-state index in [9.17, 15) is 14.4 Å². The Kier molecular flexibility index (Phi) is 13.9. The molecule has 0 aliphatic heterocycles. The second-order valence-electron chi connectivity index (χ2n) is 11.8. The van der Waals surface area contributed by atoms with Gasteiger partial charge in [-0.2, -0.15) is 0 Å². The highest BCUT2D eigenvalue weighted by Crippen LogP contribution is 2.17. The monoisotopic (exact) mass is 490 g/mol. The smallest absolute Gasteiger partial charge is 0.445 e. The molecule has 0 heterocycles. The van der Waals surface area contributed by atoms with Gasteiger partial charge >= 0.3 is 18.3 Å². The topological polar surface area (TPSA) is 121 Å². The lowest BCUT2D eigenvalue weighted by Gasteiger charge is -2.21.